The first-order valence-electron chi connectivity index (χ1n) is 3.71. The Morgan fingerprint density at radius 2 is 1.31 bits per heavy atom. The molecule has 0 bridgehead atoms. The van der Waals surface area contributed by atoms with Crippen molar-refractivity contribution in [2.75, 3.05) is 0 Å². The first-order valence-corrected chi connectivity index (χ1v) is 3.71. The predicted octanol–water partition coefficient (Wildman–Crippen LogP) is -3.22. The Kier molecular flexibility index (Phi) is 5.51. The SMILES string of the molecule is O=C([O-])c1ccc(C(=O)[O-])c(C(=O)[O-])c1.[Sm+3]. The summed E-state index contributed by atoms with van der Waals surface area (Å²) in [5.41, 5.74) is -1.84. The van der Waals surface area contributed by atoms with E-state index >= 15 is 0 Å². The van der Waals surface area contributed by atoms with Crippen LogP contribution < -0.4 is 15.3 Å². The van der Waals surface area contributed by atoms with Crippen LogP contribution in [-0.4, -0.2) is 17.9 Å². The molecule has 1 rings (SSSR count). The van der Waals surface area contributed by atoms with E-state index < -0.39 is 34.6 Å². The number of benzene rings is 1. The molecule has 16 heavy (non-hydrogen) atoms. The van der Waals surface area contributed by atoms with Crippen molar-refractivity contribution < 1.29 is 70.1 Å². The van der Waals surface area contributed by atoms with Crippen molar-refractivity contribution in [3.63, 3.8) is 0 Å². The number of hydrogen-bond donors (Lipinski definition) is 0. The van der Waals surface area contributed by atoms with Crippen LogP contribution in [0, 0.1) is 40.4 Å². The molecule has 0 spiro atoms. The van der Waals surface area contributed by atoms with Gasteiger partial charge in [-0.3, -0.25) is 0 Å². The fourth-order valence-electron chi connectivity index (χ4n) is 1.02. The van der Waals surface area contributed by atoms with Crippen LogP contribution in [0.2, 0.25) is 0 Å². The van der Waals surface area contributed by atoms with E-state index in [4.69, 9.17) is 0 Å². The minimum absolute atomic E-state index is 0. The third-order valence-corrected chi connectivity index (χ3v) is 1.70. The molecular weight excluding hydrogens is 354 g/mol. The Labute approximate surface area is 122 Å². The molecule has 7 heteroatoms. The van der Waals surface area contributed by atoms with Crippen molar-refractivity contribution in [1.82, 2.24) is 0 Å². The zero-order valence-corrected chi connectivity index (χ0v) is 10.2. The van der Waals surface area contributed by atoms with E-state index in [0.717, 1.165) is 12.1 Å². The number of rotatable bonds is 3. The molecule has 0 atom stereocenters. The van der Waals surface area contributed by atoms with Gasteiger partial charge in [0, 0.05) is 11.1 Å². The van der Waals surface area contributed by atoms with E-state index in [0.29, 0.717) is 6.07 Å². The third kappa shape index (κ3) is 3.23. The summed E-state index contributed by atoms with van der Waals surface area (Å²) in [6.45, 7) is 0. The Balaban J connectivity index is 0.00000225. The van der Waals surface area contributed by atoms with Gasteiger partial charge in [-0.25, -0.2) is 0 Å². The van der Waals surface area contributed by atoms with E-state index in [1.807, 2.05) is 0 Å². The van der Waals surface area contributed by atoms with Gasteiger partial charge in [0.05, 0.1) is 17.9 Å². The number of carboxylic acid groups (broad SMARTS) is 3. The molecule has 0 fully saturated rings. The van der Waals surface area contributed by atoms with Crippen LogP contribution in [0.25, 0.3) is 0 Å². The molecule has 0 aromatic heterocycles. The van der Waals surface area contributed by atoms with E-state index in [1.54, 1.807) is 0 Å². The smallest absolute Gasteiger partial charge is 0.545 e. The summed E-state index contributed by atoms with van der Waals surface area (Å²) >= 11 is 0. The average molecular weight is 357 g/mol. The van der Waals surface area contributed by atoms with Gasteiger partial charge < -0.3 is 29.7 Å². The second kappa shape index (κ2) is 5.89. The Morgan fingerprint density at radius 3 is 1.69 bits per heavy atom. The Hall–Kier alpha value is -1.03. The standard InChI is InChI=1S/C9H6O6.Sm/c10-7(11)4-1-2-5(8(12)13)6(3-4)9(14)15;/h1-3H,(H,10,11)(H,12,13)(H,14,15);/q;+3/p-3. The number of hydrogen-bond acceptors (Lipinski definition) is 6. The topological polar surface area (TPSA) is 120 Å². The quantitative estimate of drug-likeness (QED) is 0.561. The zero-order chi connectivity index (χ0) is 11.6. The first-order chi connectivity index (χ1) is 6.93. The summed E-state index contributed by atoms with van der Waals surface area (Å²) in [6, 6.07) is 2.37. The van der Waals surface area contributed by atoms with Gasteiger partial charge in [-0.05, 0) is 11.6 Å². The Morgan fingerprint density at radius 1 is 0.812 bits per heavy atom. The van der Waals surface area contributed by atoms with Crippen molar-refractivity contribution in [3.8, 4) is 0 Å². The maximum atomic E-state index is 10.5. The average Bonchev–Trinajstić information content (AvgIpc) is 2.16. The molecule has 81 valence electrons. The second-order valence-corrected chi connectivity index (χ2v) is 2.62. The molecule has 1 aromatic carbocycles. The molecule has 0 unspecified atom stereocenters. The molecule has 0 aliphatic carbocycles. The van der Waals surface area contributed by atoms with Crippen LogP contribution >= 0.6 is 0 Å². The van der Waals surface area contributed by atoms with Crippen LogP contribution in [0.15, 0.2) is 18.2 Å². The summed E-state index contributed by atoms with van der Waals surface area (Å²) in [5.74, 6) is -5.13. The molecule has 1 radical (unpaired) electrons. The molecule has 6 nitrogen and oxygen atoms in total. The molecule has 1 aromatic rings. The largest absolute Gasteiger partial charge is 3.00 e. The molecule has 0 aliphatic heterocycles. The van der Waals surface area contributed by atoms with Crippen LogP contribution in [0.1, 0.15) is 31.1 Å². The van der Waals surface area contributed by atoms with E-state index in [-0.39, 0.29) is 40.4 Å². The fourth-order valence-corrected chi connectivity index (χ4v) is 1.02. The van der Waals surface area contributed by atoms with E-state index in [2.05, 4.69) is 0 Å². The van der Waals surface area contributed by atoms with Gasteiger partial charge >= 0.3 is 40.4 Å². The maximum absolute atomic E-state index is 10.5. The monoisotopic (exact) mass is 359 g/mol. The third-order valence-electron chi connectivity index (χ3n) is 1.70. The molecule has 0 saturated heterocycles. The van der Waals surface area contributed by atoms with Crippen LogP contribution in [0.3, 0.4) is 0 Å². The molecule has 0 heterocycles. The van der Waals surface area contributed by atoms with Crippen molar-refractivity contribution in [2.45, 2.75) is 0 Å². The van der Waals surface area contributed by atoms with Gasteiger partial charge in [0.1, 0.15) is 0 Å². The van der Waals surface area contributed by atoms with Crippen LogP contribution in [0.5, 0.6) is 0 Å². The zero-order valence-electron chi connectivity index (χ0n) is 7.59. The number of carboxylic acids is 3. The number of carbonyl (C=O) groups is 3. The predicted molar refractivity (Wildman–Crippen MR) is 39.4 cm³/mol. The maximum Gasteiger partial charge on any atom is 3.00 e. The van der Waals surface area contributed by atoms with Crippen LogP contribution in [0.4, 0.5) is 0 Å². The molecule has 0 saturated carbocycles. The minimum Gasteiger partial charge on any atom is -0.545 e. The summed E-state index contributed by atoms with van der Waals surface area (Å²) in [5, 5.41) is 31.3. The van der Waals surface area contributed by atoms with Gasteiger partial charge in [-0.15, -0.1) is 0 Å². The van der Waals surface area contributed by atoms with Crippen molar-refractivity contribution in [2.24, 2.45) is 0 Å². The van der Waals surface area contributed by atoms with Gasteiger partial charge in [-0.2, -0.15) is 0 Å². The summed E-state index contributed by atoms with van der Waals surface area (Å²) in [7, 11) is 0. The molecule has 0 amide bonds. The van der Waals surface area contributed by atoms with E-state index in [9.17, 15) is 29.7 Å². The van der Waals surface area contributed by atoms with Crippen LogP contribution in [-0.2, 0) is 0 Å². The normalized spacial score (nSPS) is 9.00. The fraction of sp³-hybridized carbons (Fsp3) is 0. The van der Waals surface area contributed by atoms with E-state index in [1.165, 1.54) is 0 Å². The number of carbonyl (C=O) groups excluding carboxylic acids is 3. The Bertz CT molecular complexity index is 453. The molecular formula is C9H3O6Sm. The van der Waals surface area contributed by atoms with Crippen molar-refractivity contribution in [3.05, 3.63) is 34.9 Å². The second-order valence-electron chi connectivity index (χ2n) is 2.62. The van der Waals surface area contributed by atoms with Crippen molar-refractivity contribution >= 4 is 17.9 Å². The van der Waals surface area contributed by atoms with Gasteiger partial charge in [0.15, 0.2) is 0 Å². The molecule has 0 N–H and O–H groups in total. The summed E-state index contributed by atoms with van der Waals surface area (Å²) in [6.07, 6.45) is 0. The minimum atomic E-state index is -1.79. The van der Waals surface area contributed by atoms with Gasteiger partial charge in [-0.1, -0.05) is 12.1 Å². The van der Waals surface area contributed by atoms with Crippen molar-refractivity contribution in [1.29, 1.82) is 0 Å². The van der Waals surface area contributed by atoms with Gasteiger partial charge in [0.25, 0.3) is 0 Å². The number of aromatic carboxylic acids is 3. The summed E-state index contributed by atoms with van der Waals surface area (Å²) in [4.78, 5) is 31.3. The first kappa shape index (κ1) is 15.0. The summed E-state index contributed by atoms with van der Waals surface area (Å²) < 4.78 is 0. The van der Waals surface area contributed by atoms with Gasteiger partial charge in [0.2, 0.25) is 0 Å². The molecule has 0 aliphatic rings.